The van der Waals surface area contributed by atoms with Gasteiger partial charge in [-0.25, -0.2) is 13.6 Å². The fraction of sp³-hybridized carbons (Fsp3) is 0.222. The molecule has 2 aliphatic rings. The highest BCUT2D eigenvalue weighted by molar-refractivity contribution is 14.1. The van der Waals surface area contributed by atoms with E-state index in [9.17, 15) is 17.4 Å². The Labute approximate surface area is 204 Å². The molecule has 3 heterocycles. The van der Waals surface area contributed by atoms with Crippen LogP contribution in [0, 0.1) is 0 Å². The van der Waals surface area contributed by atoms with E-state index in [-0.39, 0.29) is 32.3 Å². The number of tetrazole rings is 1. The number of hydrogen-bond acceptors (Lipinski definition) is 9. The van der Waals surface area contributed by atoms with Crippen molar-refractivity contribution in [1.82, 2.24) is 31.3 Å². The third-order valence-electron chi connectivity index (χ3n) is 5.38. The van der Waals surface area contributed by atoms with Gasteiger partial charge in [-0.1, -0.05) is 18.2 Å². The number of carbonyl (C=O) groups excluding carboxylic acids is 1. The first-order valence-corrected chi connectivity index (χ1v) is 13.2. The molecule has 12 nitrogen and oxygen atoms in total. The van der Waals surface area contributed by atoms with Crippen LogP contribution < -0.4 is 15.8 Å². The van der Waals surface area contributed by atoms with Crippen molar-refractivity contribution in [3.8, 4) is 22.5 Å². The number of rotatable bonds is 5. The van der Waals surface area contributed by atoms with E-state index in [2.05, 4.69) is 31.3 Å². The molecule has 0 bridgehead atoms. The normalized spacial score (nSPS) is 16.3. The van der Waals surface area contributed by atoms with Gasteiger partial charge in [0.15, 0.2) is 0 Å². The fourth-order valence-electron chi connectivity index (χ4n) is 3.82. The summed E-state index contributed by atoms with van der Waals surface area (Å²) < 4.78 is 45.6. The Morgan fingerprint density at radius 2 is 1.85 bits per heavy atom. The first-order valence-electron chi connectivity index (χ1n) is 9.48. The van der Waals surface area contributed by atoms with Crippen molar-refractivity contribution in [1.29, 1.82) is 0 Å². The van der Waals surface area contributed by atoms with Crippen LogP contribution in [0.15, 0.2) is 40.1 Å². The molecule has 1 fully saturated rings. The minimum atomic E-state index is -4.33. The Balaban J connectivity index is 0.00000126. The van der Waals surface area contributed by atoms with Crippen molar-refractivity contribution < 1.29 is 20.9 Å². The van der Waals surface area contributed by atoms with Gasteiger partial charge in [-0.3, -0.25) is 9.00 Å². The minimum absolute atomic E-state index is 0.000467. The van der Waals surface area contributed by atoms with E-state index in [0.717, 1.165) is 28.6 Å². The number of nitrogens with one attached hydrogen (secondary N) is 3. The number of primary sulfonamides is 1. The van der Waals surface area contributed by atoms with E-state index in [1.807, 2.05) is 0 Å². The van der Waals surface area contributed by atoms with Gasteiger partial charge < -0.3 is 14.1 Å². The molecule has 6 N–H and O–H groups in total. The lowest BCUT2D eigenvalue weighted by Crippen LogP contribution is -2.49. The molecule has 0 spiro atoms. The molecule has 2 aliphatic heterocycles. The maximum Gasteiger partial charge on any atom is 0.251 e. The van der Waals surface area contributed by atoms with Gasteiger partial charge in [-0.15, -0.1) is 10.2 Å². The number of H-pyrrole nitrogens is 1. The number of benzene rings is 2. The highest BCUT2D eigenvalue weighted by Crippen LogP contribution is 2.41. The Morgan fingerprint density at radius 1 is 1.12 bits per heavy atom. The van der Waals surface area contributed by atoms with E-state index in [4.69, 9.17) is 8.57 Å². The van der Waals surface area contributed by atoms with Crippen LogP contribution in [0.5, 0.6) is 0 Å². The first kappa shape index (κ1) is 23.8. The van der Waals surface area contributed by atoms with Gasteiger partial charge in [-0.2, -0.15) is 5.21 Å². The van der Waals surface area contributed by atoms with Crippen LogP contribution in [0.1, 0.15) is 15.9 Å². The van der Waals surface area contributed by atoms with Crippen molar-refractivity contribution in [2.45, 2.75) is 21.6 Å². The molecule has 1 amide bonds. The van der Waals surface area contributed by atoms with Crippen LogP contribution in [0.3, 0.4) is 0 Å². The third-order valence-corrected chi connectivity index (χ3v) is 8.21. The monoisotopic (exact) mass is 603 g/mol. The molecule has 1 atom stereocenters. The maximum absolute atomic E-state index is 13.1. The number of aromatic amines is 1. The van der Waals surface area contributed by atoms with Crippen molar-refractivity contribution >= 4 is 49.7 Å². The van der Waals surface area contributed by atoms with Crippen LogP contribution in [-0.2, 0) is 27.4 Å². The summed E-state index contributed by atoms with van der Waals surface area (Å²) in [5.41, 5.74) is 2.40. The summed E-state index contributed by atoms with van der Waals surface area (Å²) in [7, 11) is -5.94. The second kappa shape index (κ2) is 9.51. The van der Waals surface area contributed by atoms with Crippen molar-refractivity contribution in [2.75, 3.05) is 13.1 Å². The number of hydrogen-bond donors (Lipinski definition) is 5. The first-order chi connectivity index (χ1) is 15.9. The zero-order chi connectivity index (χ0) is 23.8. The summed E-state index contributed by atoms with van der Waals surface area (Å²) in [5, 5.41) is 25.0. The lowest BCUT2D eigenvalue weighted by Gasteiger charge is -2.27. The third kappa shape index (κ3) is 4.31. The summed E-state index contributed by atoms with van der Waals surface area (Å²) in [6.45, 7) is 1.31. The number of amides is 1. The van der Waals surface area contributed by atoms with Gasteiger partial charge in [-0.05, 0) is 34.0 Å². The summed E-state index contributed by atoms with van der Waals surface area (Å²) in [5.74, 6) is -0.209. The van der Waals surface area contributed by atoms with Gasteiger partial charge in [0.25, 0.3) is 5.91 Å². The predicted molar refractivity (Wildman–Crippen MR) is 127 cm³/mol. The SMILES string of the molecule is NS(=O)(=O)c1c(S(=O)C2CNC2)ccc(-c2cccc3c2CNC3=O)c1-c1nn[nH]n1.OI. The smallest absolute Gasteiger partial charge is 0.251 e. The standard InChI is InChI=1S/C18H17N7O4S2.HIO/c19-31(28,29)16-14(30(27)9-6-20-7-9)5-4-11(15(16)17-22-24-25-23-17)10-2-1-3-12-13(10)8-21-18(12)26;1-2/h1-5,9,20H,6-8H2,(H,21,26)(H2,19,28,29)(H,22,23,24,25);2H. The molecule has 1 unspecified atom stereocenters. The molecule has 0 aliphatic carbocycles. The number of sulfonamides is 1. The molecule has 15 heteroatoms. The van der Waals surface area contributed by atoms with Gasteiger partial charge >= 0.3 is 0 Å². The highest BCUT2D eigenvalue weighted by Gasteiger charge is 2.34. The molecule has 33 heavy (non-hydrogen) atoms. The summed E-state index contributed by atoms with van der Waals surface area (Å²) >= 11 is 1.15. The van der Waals surface area contributed by atoms with Crippen molar-refractivity contribution in [3.05, 3.63) is 41.5 Å². The Morgan fingerprint density at radius 3 is 2.45 bits per heavy atom. The molecule has 3 aromatic rings. The summed E-state index contributed by atoms with van der Waals surface area (Å²) in [6, 6.07) is 8.36. The van der Waals surface area contributed by atoms with Gasteiger partial charge in [0.1, 0.15) is 27.9 Å². The van der Waals surface area contributed by atoms with Crippen LogP contribution in [0.2, 0.25) is 0 Å². The average molecular weight is 603 g/mol. The number of halogens is 1. The average Bonchev–Trinajstić information content (AvgIpc) is 3.42. The Hall–Kier alpha value is -2.31. The van der Waals surface area contributed by atoms with Crippen molar-refractivity contribution in [3.63, 3.8) is 0 Å². The number of carbonyl (C=O) groups is 1. The number of aromatic nitrogens is 4. The maximum atomic E-state index is 13.1. The van der Waals surface area contributed by atoms with E-state index in [1.54, 1.807) is 24.3 Å². The lowest BCUT2D eigenvalue weighted by atomic mass is 9.93. The molecule has 5 rings (SSSR count). The molecule has 0 saturated carbocycles. The summed E-state index contributed by atoms with van der Waals surface area (Å²) in [4.78, 5) is 11.9. The van der Waals surface area contributed by atoms with E-state index in [0.29, 0.717) is 36.3 Å². The molecular formula is C18H18IN7O5S2. The second-order valence-electron chi connectivity index (χ2n) is 7.19. The molecule has 2 aromatic carbocycles. The number of nitrogens with two attached hydrogens (primary N) is 1. The van der Waals surface area contributed by atoms with E-state index >= 15 is 0 Å². The summed E-state index contributed by atoms with van der Waals surface area (Å²) in [6.07, 6.45) is 0. The minimum Gasteiger partial charge on any atom is -0.348 e. The number of fused-ring (bicyclic) bond motifs is 1. The van der Waals surface area contributed by atoms with Gasteiger partial charge in [0.2, 0.25) is 15.8 Å². The lowest BCUT2D eigenvalue weighted by molar-refractivity contribution is 0.0965. The molecule has 174 valence electrons. The largest absolute Gasteiger partial charge is 0.348 e. The van der Waals surface area contributed by atoms with Crippen molar-refractivity contribution in [2.24, 2.45) is 5.14 Å². The van der Waals surface area contributed by atoms with Crippen LogP contribution in [0.4, 0.5) is 0 Å². The molecule has 1 aromatic heterocycles. The highest BCUT2D eigenvalue weighted by atomic mass is 127. The Bertz CT molecular complexity index is 1340. The number of nitrogens with zero attached hydrogens (tertiary/aromatic N) is 3. The van der Waals surface area contributed by atoms with Gasteiger partial charge in [0.05, 0.1) is 26.5 Å². The van der Waals surface area contributed by atoms with Crippen LogP contribution in [0.25, 0.3) is 22.5 Å². The van der Waals surface area contributed by atoms with Crippen LogP contribution >= 0.6 is 23.0 Å². The van der Waals surface area contributed by atoms with Gasteiger partial charge in [0, 0.05) is 25.2 Å². The van der Waals surface area contributed by atoms with E-state index in [1.165, 1.54) is 6.07 Å². The quantitative estimate of drug-likeness (QED) is 0.246. The molecule has 0 radical (unpaired) electrons. The molecule has 1 saturated heterocycles. The zero-order valence-corrected chi connectivity index (χ0v) is 20.6. The van der Waals surface area contributed by atoms with Crippen LogP contribution in [-0.4, -0.2) is 60.9 Å². The molecular weight excluding hydrogens is 585 g/mol. The fourth-order valence-corrected chi connectivity index (χ4v) is 6.63. The second-order valence-corrected chi connectivity index (χ2v) is 10.4. The zero-order valence-electron chi connectivity index (χ0n) is 16.8. The predicted octanol–water partition coefficient (Wildman–Crippen LogP) is -0.167. The van der Waals surface area contributed by atoms with E-state index < -0.39 is 20.8 Å². The Kier molecular flexibility index (Phi) is 6.87. The topological polar surface area (TPSA) is 193 Å².